The fourth-order valence-corrected chi connectivity index (χ4v) is 1.69. The van der Waals surface area contributed by atoms with Crippen molar-refractivity contribution >= 4 is 27.7 Å². The topological polar surface area (TPSA) is 92.4 Å². The number of halogens is 1. The Kier molecular flexibility index (Phi) is 4.72. The molecule has 0 radical (unpaired) electrons. The molecule has 0 saturated carbocycles. The van der Waals surface area contributed by atoms with Gasteiger partial charge < -0.3 is 16.2 Å². The van der Waals surface area contributed by atoms with E-state index in [1.165, 1.54) is 12.1 Å². The Hall–Kier alpha value is -1.56. The third kappa shape index (κ3) is 3.46. The molecule has 0 aliphatic carbocycles. The van der Waals surface area contributed by atoms with Crippen LogP contribution in [0.15, 0.2) is 22.7 Å². The van der Waals surface area contributed by atoms with Gasteiger partial charge in [0.15, 0.2) is 0 Å². The molecule has 1 unspecified atom stereocenters. The van der Waals surface area contributed by atoms with Gasteiger partial charge in [0.05, 0.1) is 4.47 Å². The molecule has 5 nitrogen and oxygen atoms in total. The van der Waals surface area contributed by atoms with E-state index >= 15 is 0 Å². The Morgan fingerprint density at radius 1 is 1.39 bits per heavy atom. The lowest BCUT2D eigenvalue weighted by atomic mass is 10.0. The maximum absolute atomic E-state index is 11.9. The van der Waals surface area contributed by atoms with E-state index in [0.717, 1.165) is 0 Å². The number of rotatable bonds is 4. The van der Waals surface area contributed by atoms with Gasteiger partial charge in [-0.3, -0.25) is 9.59 Å². The molecule has 0 fully saturated rings. The third-order valence-electron chi connectivity index (χ3n) is 2.47. The van der Waals surface area contributed by atoms with Gasteiger partial charge in [-0.1, -0.05) is 13.8 Å². The Labute approximate surface area is 113 Å². The maximum atomic E-state index is 11.9. The number of amides is 2. The highest BCUT2D eigenvalue weighted by atomic mass is 79.9. The predicted molar refractivity (Wildman–Crippen MR) is 71.1 cm³/mol. The molecular weight excluding hydrogens is 300 g/mol. The van der Waals surface area contributed by atoms with E-state index in [1.54, 1.807) is 19.9 Å². The normalized spacial score (nSPS) is 12.2. The van der Waals surface area contributed by atoms with Crippen LogP contribution in [0.3, 0.4) is 0 Å². The highest BCUT2D eigenvalue weighted by molar-refractivity contribution is 9.10. The highest BCUT2D eigenvalue weighted by Crippen LogP contribution is 2.24. The summed E-state index contributed by atoms with van der Waals surface area (Å²) in [6, 6.07) is 3.68. The zero-order valence-electron chi connectivity index (χ0n) is 10.1. The Morgan fingerprint density at radius 3 is 2.44 bits per heavy atom. The number of primary amides is 1. The standard InChI is InChI=1S/C12H15BrN2O3/c1-6(2)10(11(14)17)15-12(18)7-3-4-8(13)9(16)5-7/h3-6,10,16H,1-2H3,(H2,14,17)(H,15,18). The quantitative estimate of drug-likeness (QED) is 0.784. The maximum Gasteiger partial charge on any atom is 0.252 e. The second-order valence-corrected chi connectivity index (χ2v) is 5.12. The summed E-state index contributed by atoms with van der Waals surface area (Å²) in [7, 11) is 0. The van der Waals surface area contributed by atoms with Gasteiger partial charge in [-0.25, -0.2) is 0 Å². The monoisotopic (exact) mass is 314 g/mol. The summed E-state index contributed by atoms with van der Waals surface area (Å²) in [6.07, 6.45) is 0. The van der Waals surface area contributed by atoms with Crippen molar-refractivity contribution in [2.45, 2.75) is 19.9 Å². The SMILES string of the molecule is CC(C)C(NC(=O)c1ccc(Br)c(O)c1)C(N)=O. The number of benzene rings is 1. The molecule has 0 bridgehead atoms. The molecule has 0 aliphatic heterocycles. The lowest BCUT2D eigenvalue weighted by Crippen LogP contribution is -2.47. The van der Waals surface area contributed by atoms with Crippen LogP contribution in [0.5, 0.6) is 5.75 Å². The molecule has 2 amide bonds. The Bertz CT molecular complexity index is 474. The second kappa shape index (κ2) is 5.86. The largest absolute Gasteiger partial charge is 0.507 e. The molecule has 1 atom stereocenters. The minimum Gasteiger partial charge on any atom is -0.507 e. The van der Waals surface area contributed by atoms with Gasteiger partial charge in [-0.05, 0) is 40.0 Å². The fourth-order valence-electron chi connectivity index (χ4n) is 1.44. The number of aromatic hydroxyl groups is 1. The van der Waals surface area contributed by atoms with Crippen LogP contribution in [0.25, 0.3) is 0 Å². The number of nitrogens with one attached hydrogen (secondary N) is 1. The van der Waals surface area contributed by atoms with Crippen molar-refractivity contribution in [1.29, 1.82) is 0 Å². The molecule has 0 spiro atoms. The number of carbonyl (C=O) groups excluding carboxylic acids is 2. The predicted octanol–water partition coefficient (Wildman–Crippen LogP) is 1.39. The molecule has 98 valence electrons. The van der Waals surface area contributed by atoms with E-state index < -0.39 is 17.9 Å². The van der Waals surface area contributed by atoms with Crippen molar-refractivity contribution < 1.29 is 14.7 Å². The third-order valence-corrected chi connectivity index (χ3v) is 3.14. The van der Waals surface area contributed by atoms with E-state index in [9.17, 15) is 14.7 Å². The molecule has 1 rings (SSSR count). The van der Waals surface area contributed by atoms with Crippen LogP contribution in [-0.4, -0.2) is 23.0 Å². The number of carbonyl (C=O) groups is 2. The van der Waals surface area contributed by atoms with Gasteiger partial charge in [0, 0.05) is 5.56 Å². The van der Waals surface area contributed by atoms with Gasteiger partial charge in [-0.15, -0.1) is 0 Å². The van der Waals surface area contributed by atoms with E-state index in [1.807, 2.05) is 0 Å². The van der Waals surface area contributed by atoms with Crippen LogP contribution in [0.1, 0.15) is 24.2 Å². The molecule has 0 aromatic heterocycles. The first-order valence-corrected chi connectivity index (χ1v) is 6.21. The van der Waals surface area contributed by atoms with Crippen LogP contribution >= 0.6 is 15.9 Å². The summed E-state index contributed by atoms with van der Waals surface area (Å²) in [5, 5.41) is 12.0. The smallest absolute Gasteiger partial charge is 0.252 e. The summed E-state index contributed by atoms with van der Waals surface area (Å²) in [5.74, 6) is -1.17. The van der Waals surface area contributed by atoms with Crippen molar-refractivity contribution in [3.05, 3.63) is 28.2 Å². The van der Waals surface area contributed by atoms with Gasteiger partial charge >= 0.3 is 0 Å². The van der Waals surface area contributed by atoms with E-state index in [0.29, 0.717) is 4.47 Å². The minimum absolute atomic E-state index is 0.0391. The van der Waals surface area contributed by atoms with E-state index in [-0.39, 0.29) is 17.2 Å². The second-order valence-electron chi connectivity index (χ2n) is 4.26. The molecule has 6 heteroatoms. The van der Waals surface area contributed by atoms with E-state index in [2.05, 4.69) is 21.2 Å². The molecule has 0 heterocycles. The zero-order chi connectivity index (χ0) is 13.9. The summed E-state index contributed by atoms with van der Waals surface area (Å²) in [6.45, 7) is 3.57. The molecule has 18 heavy (non-hydrogen) atoms. The van der Waals surface area contributed by atoms with Gasteiger partial charge in [0.2, 0.25) is 5.91 Å². The molecule has 0 saturated heterocycles. The lowest BCUT2D eigenvalue weighted by molar-refractivity contribution is -0.120. The first kappa shape index (κ1) is 14.5. The Balaban J connectivity index is 2.87. The average Bonchev–Trinajstić information content (AvgIpc) is 2.28. The van der Waals surface area contributed by atoms with Crippen molar-refractivity contribution in [2.75, 3.05) is 0 Å². The lowest BCUT2D eigenvalue weighted by Gasteiger charge is -2.18. The first-order chi connectivity index (χ1) is 8.32. The number of phenols is 1. The number of nitrogens with two attached hydrogens (primary N) is 1. The van der Waals surface area contributed by atoms with Crippen LogP contribution in [0.2, 0.25) is 0 Å². The number of phenolic OH excluding ortho intramolecular Hbond substituents is 1. The first-order valence-electron chi connectivity index (χ1n) is 5.41. The average molecular weight is 315 g/mol. The molecule has 1 aromatic carbocycles. The van der Waals surface area contributed by atoms with Crippen LogP contribution in [0, 0.1) is 5.92 Å². The van der Waals surface area contributed by atoms with Gasteiger partial charge in [-0.2, -0.15) is 0 Å². The zero-order valence-corrected chi connectivity index (χ0v) is 11.7. The molecular formula is C12H15BrN2O3. The van der Waals surface area contributed by atoms with Crippen LogP contribution < -0.4 is 11.1 Å². The van der Waals surface area contributed by atoms with Crippen LogP contribution in [0.4, 0.5) is 0 Å². The summed E-state index contributed by atoms with van der Waals surface area (Å²) >= 11 is 3.12. The van der Waals surface area contributed by atoms with Crippen molar-refractivity contribution in [3.8, 4) is 5.75 Å². The molecule has 4 N–H and O–H groups in total. The van der Waals surface area contributed by atoms with Gasteiger partial charge in [0.25, 0.3) is 5.91 Å². The highest BCUT2D eigenvalue weighted by Gasteiger charge is 2.22. The molecule has 1 aromatic rings. The number of hydrogen-bond donors (Lipinski definition) is 3. The summed E-state index contributed by atoms with van der Waals surface area (Å²) < 4.78 is 0.495. The Morgan fingerprint density at radius 2 is 2.00 bits per heavy atom. The minimum atomic E-state index is -0.733. The number of hydrogen-bond acceptors (Lipinski definition) is 3. The van der Waals surface area contributed by atoms with E-state index in [4.69, 9.17) is 5.73 Å². The summed E-state index contributed by atoms with van der Waals surface area (Å²) in [4.78, 5) is 23.1. The van der Waals surface area contributed by atoms with Gasteiger partial charge in [0.1, 0.15) is 11.8 Å². The molecule has 0 aliphatic rings. The van der Waals surface area contributed by atoms with Crippen molar-refractivity contribution in [2.24, 2.45) is 11.7 Å². The van der Waals surface area contributed by atoms with Crippen molar-refractivity contribution in [3.63, 3.8) is 0 Å². The fraction of sp³-hybridized carbons (Fsp3) is 0.333. The summed E-state index contributed by atoms with van der Waals surface area (Å²) in [5.41, 5.74) is 5.47. The van der Waals surface area contributed by atoms with Crippen LogP contribution in [-0.2, 0) is 4.79 Å². The van der Waals surface area contributed by atoms with Crippen molar-refractivity contribution in [1.82, 2.24) is 5.32 Å².